The van der Waals surface area contributed by atoms with Crippen LogP contribution in [0, 0.1) is 5.82 Å². The molecule has 0 unspecified atom stereocenters. The van der Waals surface area contributed by atoms with Gasteiger partial charge in [0, 0.05) is 17.4 Å². The van der Waals surface area contributed by atoms with Gasteiger partial charge in [-0.15, -0.1) is 11.3 Å². The second-order valence-corrected chi connectivity index (χ2v) is 5.94. The quantitative estimate of drug-likeness (QED) is 0.670. The standard InChI is InChI=1S/C18H14FNO2S/c1-22-18(21)14-4-2-12(3-5-14)10-17-20-16(11-23-17)13-6-8-15(19)9-7-13/h2-9,11H,10H2,1H3. The maximum absolute atomic E-state index is 13.0. The van der Waals surface area contributed by atoms with Crippen LogP contribution < -0.4 is 0 Å². The van der Waals surface area contributed by atoms with Gasteiger partial charge in [0.05, 0.1) is 23.4 Å². The van der Waals surface area contributed by atoms with E-state index in [0.29, 0.717) is 12.0 Å². The highest BCUT2D eigenvalue weighted by Gasteiger charge is 2.08. The lowest BCUT2D eigenvalue weighted by atomic mass is 10.1. The summed E-state index contributed by atoms with van der Waals surface area (Å²) in [6, 6.07) is 13.6. The highest BCUT2D eigenvalue weighted by Crippen LogP contribution is 2.23. The molecule has 3 nitrogen and oxygen atoms in total. The van der Waals surface area contributed by atoms with Crippen molar-refractivity contribution < 1.29 is 13.9 Å². The molecule has 0 saturated heterocycles. The van der Waals surface area contributed by atoms with Crippen molar-refractivity contribution in [3.05, 3.63) is 75.9 Å². The fourth-order valence-corrected chi connectivity index (χ4v) is 3.03. The molecule has 2 aromatic carbocycles. The van der Waals surface area contributed by atoms with Gasteiger partial charge in [0.2, 0.25) is 0 Å². The molecule has 1 aromatic heterocycles. The number of aromatic nitrogens is 1. The first kappa shape index (κ1) is 15.4. The molecular weight excluding hydrogens is 313 g/mol. The number of carbonyl (C=O) groups is 1. The number of methoxy groups -OCH3 is 1. The Morgan fingerprint density at radius 3 is 2.48 bits per heavy atom. The predicted octanol–water partition coefficient (Wildman–Crippen LogP) is 4.33. The minimum atomic E-state index is -0.343. The van der Waals surface area contributed by atoms with Crippen molar-refractivity contribution in [2.45, 2.75) is 6.42 Å². The minimum absolute atomic E-state index is 0.255. The van der Waals surface area contributed by atoms with Crippen LogP contribution in [0.25, 0.3) is 11.3 Å². The molecule has 0 N–H and O–H groups in total. The third-order valence-corrected chi connectivity index (χ3v) is 4.27. The average Bonchev–Trinajstić information content (AvgIpc) is 3.04. The molecule has 0 aliphatic rings. The van der Waals surface area contributed by atoms with Crippen LogP contribution in [0.5, 0.6) is 0 Å². The second-order valence-electron chi connectivity index (χ2n) is 5.00. The summed E-state index contributed by atoms with van der Waals surface area (Å²) in [4.78, 5) is 16.0. The van der Waals surface area contributed by atoms with Gasteiger partial charge in [0.1, 0.15) is 5.82 Å². The smallest absolute Gasteiger partial charge is 0.337 e. The summed E-state index contributed by atoms with van der Waals surface area (Å²) in [7, 11) is 1.36. The lowest BCUT2D eigenvalue weighted by Gasteiger charge is -2.01. The molecule has 0 saturated carbocycles. The van der Waals surface area contributed by atoms with E-state index in [4.69, 9.17) is 0 Å². The van der Waals surface area contributed by atoms with Crippen LogP contribution in [0.1, 0.15) is 20.9 Å². The van der Waals surface area contributed by atoms with Gasteiger partial charge >= 0.3 is 5.97 Å². The number of carbonyl (C=O) groups excluding carboxylic acids is 1. The summed E-state index contributed by atoms with van der Waals surface area (Å²) in [5.41, 5.74) is 3.34. The third-order valence-electron chi connectivity index (χ3n) is 3.42. The molecule has 0 amide bonds. The zero-order chi connectivity index (χ0) is 16.2. The van der Waals surface area contributed by atoms with Gasteiger partial charge in [-0.3, -0.25) is 0 Å². The Labute approximate surface area is 137 Å². The largest absolute Gasteiger partial charge is 0.465 e. The summed E-state index contributed by atoms with van der Waals surface area (Å²) in [6.45, 7) is 0. The summed E-state index contributed by atoms with van der Waals surface area (Å²) in [5, 5.41) is 2.93. The van der Waals surface area contributed by atoms with E-state index in [-0.39, 0.29) is 11.8 Å². The predicted molar refractivity (Wildman–Crippen MR) is 88.1 cm³/mol. The number of ether oxygens (including phenoxy) is 1. The van der Waals surface area contributed by atoms with Crippen LogP contribution in [0.4, 0.5) is 4.39 Å². The van der Waals surface area contributed by atoms with Crippen molar-refractivity contribution in [3.8, 4) is 11.3 Å². The maximum Gasteiger partial charge on any atom is 0.337 e. The van der Waals surface area contributed by atoms with Gasteiger partial charge in [0.25, 0.3) is 0 Å². The number of hydrogen-bond acceptors (Lipinski definition) is 4. The topological polar surface area (TPSA) is 39.2 Å². The third kappa shape index (κ3) is 3.63. The van der Waals surface area contributed by atoms with Crippen LogP contribution in [-0.2, 0) is 11.2 Å². The van der Waals surface area contributed by atoms with Gasteiger partial charge < -0.3 is 4.74 Å². The Hall–Kier alpha value is -2.53. The van der Waals surface area contributed by atoms with E-state index < -0.39 is 0 Å². The summed E-state index contributed by atoms with van der Waals surface area (Å²) in [6.07, 6.45) is 0.688. The van der Waals surface area contributed by atoms with Crippen molar-refractivity contribution in [3.63, 3.8) is 0 Å². The van der Waals surface area contributed by atoms with E-state index in [2.05, 4.69) is 9.72 Å². The molecule has 0 fully saturated rings. The van der Waals surface area contributed by atoms with Gasteiger partial charge in [-0.25, -0.2) is 14.2 Å². The Bertz CT molecular complexity index is 810. The molecular formula is C18H14FNO2S. The van der Waals surface area contributed by atoms with Crippen LogP contribution in [0.3, 0.4) is 0 Å². The first-order valence-corrected chi connectivity index (χ1v) is 7.91. The van der Waals surface area contributed by atoms with Gasteiger partial charge in [0.15, 0.2) is 0 Å². The zero-order valence-electron chi connectivity index (χ0n) is 12.5. The van der Waals surface area contributed by atoms with Gasteiger partial charge in [-0.1, -0.05) is 12.1 Å². The lowest BCUT2D eigenvalue weighted by molar-refractivity contribution is 0.0600. The fraction of sp³-hybridized carbons (Fsp3) is 0.111. The number of rotatable bonds is 4. The van der Waals surface area contributed by atoms with Crippen LogP contribution in [0.15, 0.2) is 53.9 Å². The van der Waals surface area contributed by atoms with E-state index in [1.807, 2.05) is 17.5 Å². The molecule has 0 radical (unpaired) electrons. The highest BCUT2D eigenvalue weighted by atomic mass is 32.1. The zero-order valence-corrected chi connectivity index (χ0v) is 13.3. The average molecular weight is 327 g/mol. The number of esters is 1. The normalized spacial score (nSPS) is 10.5. The second kappa shape index (κ2) is 6.71. The van der Waals surface area contributed by atoms with Crippen molar-refractivity contribution in [2.24, 2.45) is 0 Å². The highest BCUT2D eigenvalue weighted by molar-refractivity contribution is 7.10. The Kier molecular flexibility index (Phi) is 4.48. The van der Waals surface area contributed by atoms with Crippen LogP contribution in [-0.4, -0.2) is 18.1 Å². The first-order valence-electron chi connectivity index (χ1n) is 7.03. The summed E-state index contributed by atoms with van der Waals surface area (Å²) >= 11 is 1.56. The number of benzene rings is 2. The fourth-order valence-electron chi connectivity index (χ4n) is 2.20. The molecule has 3 aromatic rings. The minimum Gasteiger partial charge on any atom is -0.465 e. The van der Waals surface area contributed by atoms with Gasteiger partial charge in [-0.05, 0) is 42.0 Å². The number of halogens is 1. The maximum atomic E-state index is 13.0. The van der Waals surface area contributed by atoms with Crippen LogP contribution in [0.2, 0.25) is 0 Å². The molecule has 3 rings (SSSR count). The Balaban J connectivity index is 1.74. The molecule has 23 heavy (non-hydrogen) atoms. The molecule has 116 valence electrons. The molecule has 0 atom stereocenters. The van der Waals surface area contributed by atoms with E-state index >= 15 is 0 Å². The van der Waals surface area contributed by atoms with E-state index in [1.54, 1.807) is 35.6 Å². The number of hydrogen-bond donors (Lipinski definition) is 0. The molecule has 0 bridgehead atoms. The molecule has 1 heterocycles. The lowest BCUT2D eigenvalue weighted by Crippen LogP contribution is -2.00. The van der Waals surface area contributed by atoms with Crippen molar-refractivity contribution in [1.29, 1.82) is 0 Å². The molecule has 5 heteroatoms. The Morgan fingerprint density at radius 2 is 1.83 bits per heavy atom. The van der Waals surface area contributed by atoms with Gasteiger partial charge in [-0.2, -0.15) is 0 Å². The molecule has 0 spiro atoms. The summed E-state index contributed by atoms with van der Waals surface area (Å²) in [5.74, 6) is -0.598. The first-order chi connectivity index (χ1) is 11.2. The molecule has 0 aliphatic carbocycles. The van der Waals surface area contributed by atoms with E-state index in [1.165, 1.54) is 19.2 Å². The van der Waals surface area contributed by atoms with Crippen molar-refractivity contribution in [2.75, 3.05) is 7.11 Å². The molecule has 0 aliphatic heterocycles. The van der Waals surface area contributed by atoms with Crippen molar-refractivity contribution >= 4 is 17.3 Å². The monoisotopic (exact) mass is 327 g/mol. The number of nitrogens with zero attached hydrogens (tertiary/aromatic N) is 1. The van der Waals surface area contributed by atoms with Crippen LogP contribution >= 0.6 is 11.3 Å². The van der Waals surface area contributed by atoms with E-state index in [9.17, 15) is 9.18 Å². The summed E-state index contributed by atoms with van der Waals surface area (Å²) < 4.78 is 17.6. The Morgan fingerprint density at radius 1 is 1.13 bits per heavy atom. The van der Waals surface area contributed by atoms with Crippen molar-refractivity contribution in [1.82, 2.24) is 4.98 Å². The number of thiazole rings is 1. The SMILES string of the molecule is COC(=O)c1ccc(Cc2nc(-c3ccc(F)cc3)cs2)cc1. The van der Waals surface area contributed by atoms with E-state index in [0.717, 1.165) is 21.8 Å².